The molecule has 0 aromatic heterocycles. The second-order valence-electron chi connectivity index (χ2n) is 8.24. The predicted octanol–water partition coefficient (Wildman–Crippen LogP) is 2.01. The van der Waals surface area contributed by atoms with E-state index in [0.29, 0.717) is 5.92 Å². The maximum absolute atomic E-state index is 12.0. The second-order valence-corrected chi connectivity index (χ2v) is 8.24. The minimum absolute atomic E-state index is 0.0168. The molecular formula is C18H32O6. The highest BCUT2D eigenvalue weighted by Gasteiger charge is 2.45. The van der Waals surface area contributed by atoms with Gasteiger partial charge in [0.1, 0.15) is 11.7 Å². The number of aliphatic hydroxyl groups is 2. The lowest BCUT2D eigenvalue weighted by Crippen LogP contribution is -2.48. The van der Waals surface area contributed by atoms with Gasteiger partial charge in [-0.25, -0.2) is 0 Å². The van der Waals surface area contributed by atoms with Gasteiger partial charge in [-0.2, -0.15) is 0 Å². The first-order valence-corrected chi connectivity index (χ1v) is 8.96. The van der Waals surface area contributed by atoms with Crippen LogP contribution in [0.25, 0.3) is 0 Å². The zero-order valence-corrected chi connectivity index (χ0v) is 15.4. The number of hydrogen-bond donors (Lipinski definition) is 2. The van der Waals surface area contributed by atoms with Crippen LogP contribution in [0.4, 0.5) is 0 Å². The van der Waals surface area contributed by atoms with Crippen LogP contribution in [0, 0.1) is 11.8 Å². The third-order valence-electron chi connectivity index (χ3n) is 4.63. The predicted molar refractivity (Wildman–Crippen MR) is 88.2 cm³/mol. The zero-order valence-electron chi connectivity index (χ0n) is 15.4. The van der Waals surface area contributed by atoms with Crippen LogP contribution in [-0.4, -0.2) is 52.5 Å². The minimum Gasteiger partial charge on any atom is -0.460 e. The SMILES string of the molecule is CC(CCC1CC1C(=O)OC(C)(C)C)O[C@@H]1O[C@@H](C)[C@H](O)C[C@H]1O. The fraction of sp³-hybridized carbons (Fsp3) is 0.944. The van der Waals surface area contributed by atoms with E-state index >= 15 is 0 Å². The molecule has 0 spiro atoms. The molecule has 0 aromatic carbocycles. The van der Waals surface area contributed by atoms with E-state index in [4.69, 9.17) is 14.2 Å². The maximum Gasteiger partial charge on any atom is 0.309 e. The largest absolute Gasteiger partial charge is 0.460 e. The Balaban J connectivity index is 1.67. The van der Waals surface area contributed by atoms with Gasteiger partial charge in [0.05, 0.1) is 24.2 Å². The van der Waals surface area contributed by atoms with Crippen molar-refractivity contribution in [1.29, 1.82) is 0 Å². The molecule has 0 amide bonds. The maximum atomic E-state index is 12.0. The summed E-state index contributed by atoms with van der Waals surface area (Å²) in [5.41, 5.74) is -0.434. The number of carbonyl (C=O) groups excluding carboxylic acids is 1. The summed E-state index contributed by atoms with van der Waals surface area (Å²) in [6.07, 6.45) is 0.261. The van der Waals surface area contributed by atoms with Gasteiger partial charge >= 0.3 is 5.97 Å². The zero-order chi connectivity index (χ0) is 18.1. The first kappa shape index (κ1) is 19.6. The van der Waals surface area contributed by atoms with Gasteiger partial charge in [-0.15, -0.1) is 0 Å². The fourth-order valence-corrected chi connectivity index (χ4v) is 3.04. The highest BCUT2D eigenvalue weighted by atomic mass is 16.7. The third-order valence-corrected chi connectivity index (χ3v) is 4.63. The number of ether oxygens (including phenoxy) is 3. The lowest BCUT2D eigenvalue weighted by atomic mass is 10.0. The smallest absolute Gasteiger partial charge is 0.309 e. The van der Waals surface area contributed by atoms with Crippen LogP contribution in [0.15, 0.2) is 0 Å². The molecule has 140 valence electrons. The summed E-state index contributed by atoms with van der Waals surface area (Å²) in [5.74, 6) is 0.280. The summed E-state index contributed by atoms with van der Waals surface area (Å²) >= 11 is 0. The van der Waals surface area contributed by atoms with Crippen molar-refractivity contribution >= 4 is 5.97 Å². The molecule has 1 aliphatic carbocycles. The Hall–Kier alpha value is -0.690. The summed E-state index contributed by atoms with van der Waals surface area (Å²) in [7, 11) is 0. The van der Waals surface area contributed by atoms with Crippen molar-refractivity contribution in [3.05, 3.63) is 0 Å². The Labute approximate surface area is 144 Å². The normalized spacial score (nSPS) is 37.8. The Morgan fingerprint density at radius 2 is 1.92 bits per heavy atom. The van der Waals surface area contributed by atoms with E-state index in [1.165, 1.54) is 0 Å². The molecule has 0 aromatic rings. The number of esters is 1. The Bertz CT molecular complexity index is 432. The number of rotatable bonds is 6. The van der Waals surface area contributed by atoms with Gasteiger partial charge in [-0.05, 0) is 59.8 Å². The van der Waals surface area contributed by atoms with Crippen LogP contribution in [0.1, 0.15) is 60.3 Å². The average Bonchev–Trinajstić information content (AvgIpc) is 3.20. The quantitative estimate of drug-likeness (QED) is 0.717. The lowest BCUT2D eigenvalue weighted by molar-refractivity contribution is -0.273. The third kappa shape index (κ3) is 5.69. The molecule has 7 atom stereocenters. The summed E-state index contributed by atoms with van der Waals surface area (Å²) in [4.78, 5) is 12.0. The van der Waals surface area contributed by atoms with E-state index in [1.54, 1.807) is 6.92 Å². The van der Waals surface area contributed by atoms with Gasteiger partial charge in [0.15, 0.2) is 6.29 Å². The summed E-state index contributed by atoms with van der Waals surface area (Å²) < 4.78 is 16.7. The van der Waals surface area contributed by atoms with Crippen LogP contribution >= 0.6 is 0 Å². The number of hydrogen-bond acceptors (Lipinski definition) is 6. The minimum atomic E-state index is -0.811. The topological polar surface area (TPSA) is 85.2 Å². The summed E-state index contributed by atoms with van der Waals surface area (Å²) in [5, 5.41) is 19.6. The highest BCUT2D eigenvalue weighted by molar-refractivity contribution is 5.76. The van der Waals surface area contributed by atoms with Crippen LogP contribution in [0.2, 0.25) is 0 Å². The Morgan fingerprint density at radius 1 is 1.25 bits per heavy atom. The first-order chi connectivity index (χ1) is 11.1. The van der Waals surface area contributed by atoms with Crippen molar-refractivity contribution in [1.82, 2.24) is 0 Å². The first-order valence-electron chi connectivity index (χ1n) is 8.96. The molecule has 2 N–H and O–H groups in total. The van der Waals surface area contributed by atoms with Crippen LogP contribution in [0.5, 0.6) is 0 Å². The van der Waals surface area contributed by atoms with Crippen molar-refractivity contribution < 1.29 is 29.2 Å². The van der Waals surface area contributed by atoms with Gasteiger partial charge < -0.3 is 24.4 Å². The molecule has 6 heteroatoms. The van der Waals surface area contributed by atoms with E-state index < -0.39 is 24.1 Å². The van der Waals surface area contributed by atoms with Gasteiger partial charge in [-0.1, -0.05) is 0 Å². The molecule has 24 heavy (non-hydrogen) atoms. The average molecular weight is 344 g/mol. The Morgan fingerprint density at radius 3 is 2.54 bits per heavy atom. The Kier molecular flexibility index (Phi) is 6.29. The van der Waals surface area contributed by atoms with E-state index in [9.17, 15) is 15.0 Å². The molecule has 1 aliphatic heterocycles. The molecule has 2 rings (SSSR count). The standard InChI is InChI=1S/C18H32O6/c1-10(22-17-15(20)9-14(19)11(2)23-17)6-7-12-8-13(12)16(21)24-18(3,4)5/h10-15,17,19-20H,6-9H2,1-5H3/t10?,11-,12?,13?,14+,15+,17+/m0/s1. The van der Waals surface area contributed by atoms with E-state index in [-0.39, 0.29) is 30.5 Å². The monoisotopic (exact) mass is 344 g/mol. The van der Waals surface area contributed by atoms with Gasteiger partial charge in [0.2, 0.25) is 0 Å². The molecule has 3 unspecified atom stereocenters. The van der Waals surface area contributed by atoms with Gasteiger partial charge in [0.25, 0.3) is 0 Å². The number of aliphatic hydroxyl groups excluding tert-OH is 2. The van der Waals surface area contributed by atoms with Gasteiger partial charge in [-0.3, -0.25) is 4.79 Å². The van der Waals surface area contributed by atoms with Crippen LogP contribution in [0.3, 0.4) is 0 Å². The van der Waals surface area contributed by atoms with Crippen molar-refractivity contribution in [3.63, 3.8) is 0 Å². The molecule has 1 heterocycles. The lowest BCUT2D eigenvalue weighted by Gasteiger charge is -2.36. The number of carbonyl (C=O) groups is 1. The molecule has 2 fully saturated rings. The molecule has 0 radical (unpaired) electrons. The van der Waals surface area contributed by atoms with Gasteiger partial charge in [0, 0.05) is 6.42 Å². The van der Waals surface area contributed by atoms with Crippen molar-refractivity contribution in [2.45, 2.75) is 96.6 Å². The molecule has 1 saturated carbocycles. The molecule has 6 nitrogen and oxygen atoms in total. The molecule has 2 aliphatic rings. The fourth-order valence-electron chi connectivity index (χ4n) is 3.04. The van der Waals surface area contributed by atoms with Crippen LogP contribution in [-0.2, 0) is 19.0 Å². The van der Waals surface area contributed by atoms with Crippen molar-refractivity contribution in [3.8, 4) is 0 Å². The highest BCUT2D eigenvalue weighted by Crippen LogP contribution is 2.44. The van der Waals surface area contributed by atoms with Crippen LogP contribution < -0.4 is 0 Å². The molecular weight excluding hydrogens is 312 g/mol. The summed E-state index contributed by atoms with van der Waals surface area (Å²) in [6, 6.07) is 0. The van der Waals surface area contributed by atoms with Crippen molar-refractivity contribution in [2.75, 3.05) is 0 Å². The van der Waals surface area contributed by atoms with E-state index in [0.717, 1.165) is 19.3 Å². The molecule has 0 bridgehead atoms. The second kappa shape index (κ2) is 7.68. The van der Waals surface area contributed by atoms with E-state index in [2.05, 4.69) is 0 Å². The van der Waals surface area contributed by atoms with Crippen molar-refractivity contribution in [2.24, 2.45) is 11.8 Å². The molecule has 1 saturated heterocycles. The van der Waals surface area contributed by atoms with E-state index in [1.807, 2.05) is 27.7 Å². The summed E-state index contributed by atoms with van der Waals surface area (Å²) in [6.45, 7) is 9.35.